The average Bonchev–Trinajstić information content (AvgIpc) is 2.59. The Morgan fingerprint density at radius 1 is 1.00 bits per heavy atom. The van der Waals surface area contributed by atoms with Crippen molar-refractivity contribution in [2.75, 3.05) is 36.9 Å². The molecule has 26 heavy (non-hydrogen) atoms. The summed E-state index contributed by atoms with van der Waals surface area (Å²) >= 11 is 0. The molecule has 0 saturated carbocycles. The second-order valence-corrected chi connectivity index (χ2v) is 6.20. The minimum absolute atomic E-state index is 0.0898. The van der Waals surface area contributed by atoms with Crippen molar-refractivity contribution >= 4 is 23.2 Å². The van der Waals surface area contributed by atoms with E-state index in [-0.39, 0.29) is 30.7 Å². The monoisotopic (exact) mass is 357 g/mol. The standard InChI is InChI=1S/C20H24FN3O2/c1-4-24(18-11-7-16(21)8-12-18)20(26)14-23(3)13-19(25)22-17-9-5-15(2)6-10-17/h5-12H,4,13-14H2,1-3H3,(H,22,25). The van der Waals surface area contributed by atoms with Gasteiger partial charge in [0.15, 0.2) is 0 Å². The van der Waals surface area contributed by atoms with E-state index in [1.807, 2.05) is 38.1 Å². The van der Waals surface area contributed by atoms with Gasteiger partial charge in [-0.1, -0.05) is 17.7 Å². The predicted octanol–water partition coefficient (Wildman–Crippen LogP) is 3.06. The number of carbonyl (C=O) groups excluding carboxylic acids is 2. The molecule has 2 rings (SSSR count). The van der Waals surface area contributed by atoms with Gasteiger partial charge in [-0.15, -0.1) is 0 Å². The summed E-state index contributed by atoms with van der Waals surface area (Å²) in [7, 11) is 1.71. The summed E-state index contributed by atoms with van der Waals surface area (Å²) in [6, 6.07) is 13.3. The van der Waals surface area contributed by atoms with Crippen molar-refractivity contribution in [3.05, 3.63) is 59.9 Å². The maximum atomic E-state index is 13.1. The first-order valence-electron chi connectivity index (χ1n) is 8.50. The maximum absolute atomic E-state index is 13.1. The lowest BCUT2D eigenvalue weighted by atomic mass is 10.2. The highest BCUT2D eigenvalue weighted by Gasteiger charge is 2.17. The smallest absolute Gasteiger partial charge is 0.241 e. The first kappa shape index (κ1) is 19.6. The van der Waals surface area contributed by atoms with Crippen molar-refractivity contribution in [1.82, 2.24) is 4.90 Å². The van der Waals surface area contributed by atoms with E-state index in [0.29, 0.717) is 12.2 Å². The molecular weight excluding hydrogens is 333 g/mol. The molecule has 6 heteroatoms. The Hall–Kier alpha value is -2.73. The van der Waals surface area contributed by atoms with Gasteiger partial charge in [0.25, 0.3) is 0 Å². The molecular formula is C20H24FN3O2. The van der Waals surface area contributed by atoms with Crippen molar-refractivity contribution in [3.63, 3.8) is 0 Å². The number of aryl methyl sites for hydroxylation is 1. The molecule has 0 heterocycles. The second-order valence-electron chi connectivity index (χ2n) is 6.20. The highest BCUT2D eigenvalue weighted by atomic mass is 19.1. The third-order valence-corrected chi connectivity index (χ3v) is 3.91. The van der Waals surface area contributed by atoms with Crippen LogP contribution in [0.5, 0.6) is 0 Å². The fourth-order valence-electron chi connectivity index (χ4n) is 2.58. The topological polar surface area (TPSA) is 52.7 Å². The summed E-state index contributed by atoms with van der Waals surface area (Å²) in [5, 5.41) is 2.81. The molecule has 2 amide bonds. The molecule has 0 unspecified atom stereocenters. The molecule has 0 radical (unpaired) electrons. The first-order valence-corrected chi connectivity index (χ1v) is 8.50. The molecule has 0 saturated heterocycles. The summed E-state index contributed by atoms with van der Waals surface area (Å²) in [6.45, 7) is 4.48. The van der Waals surface area contributed by atoms with E-state index in [9.17, 15) is 14.0 Å². The van der Waals surface area contributed by atoms with E-state index in [2.05, 4.69) is 5.32 Å². The molecule has 5 nitrogen and oxygen atoms in total. The van der Waals surface area contributed by atoms with Crippen LogP contribution in [0.4, 0.5) is 15.8 Å². The Labute approximate surface area is 153 Å². The summed E-state index contributed by atoms with van der Waals surface area (Å²) in [5.74, 6) is -0.680. The summed E-state index contributed by atoms with van der Waals surface area (Å²) in [5.41, 5.74) is 2.48. The molecule has 2 aromatic carbocycles. The number of rotatable bonds is 7. The molecule has 0 aliphatic carbocycles. The molecule has 0 aromatic heterocycles. The van der Waals surface area contributed by atoms with Gasteiger partial charge in [-0.2, -0.15) is 0 Å². The number of anilines is 2. The molecule has 0 aliphatic rings. The van der Waals surface area contributed by atoms with Crippen LogP contribution in [0.1, 0.15) is 12.5 Å². The van der Waals surface area contributed by atoms with Crippen LogP contribution in [0.3, 0.4) is 0 Å². The van der Waals surface area contributed by atoms with Gasteiger partial charge < -0.3 is 10.2 Å². The van der Waals surface area contributed by atoms with Crippen molar-refractivity contribution < 1.29 is 14.0 Å². The van der Waals surface area contributed by atoms with Gasteiger partial charge in [0.2, 0.25) is 11.8 Å². The van der Waals surface area contributed by atoms with Crippen LogP contribution >= 0.6 is 0 Å². The summed E-state index contributed by atoms with van der Waals surface area (Å²) in [4.78, 5) is 27.8. The van der Waals surface area contributed by atoms with Crippen LogP contribution < -0.4 is 10.2 Å². The van der Waals surface area contributed by atoms with Gasteiger partial charge in [0, 0.05) is 17.9 Å². The van der Waals surface area contributed by atoms with E-state index >= 15 is 0 Å². The van der Waals surface area contributed by atoms with Crippen LogP contribution in [0.15, 0.2) is 48.5 Å². The molecule has 0 atom stereocenters. The Bertz CT molecular complexity index is 745. The highest BCUT2D eigenvalue weighted by molar-refractivity contribution is 5.96. The lowest BCUT2D eigenvalue weighted by Crippen LogP contribution is -2.41. The Balaban J connectivity index is 1.89. The minimum Gasteiger partial charge on any atom is -0.325 e. The molecule has 0 aliphatic heterocycles. The fourth-order valence-corrected chi connectivity index (χ4v) is 2.58. The lowest BCUT2D eigenvalue weighted by Gasteiger charge is -2.24. The fraction of sp³-hybridized carbons (Fsp3) is 0.300. The molecule has 1 N–H and O–H groups in total. The molecule has 2 aromatic rings. The van der Waals surface area contributed by atoms with Crippen molar-refractivity contribution in [1.29, 1.82) is 0 Å². The zero-order chi connectivity index (χ0) is 19.1. The van der Waals surface area contributed by atoms with Crippen LogP contribution in [0.2, 0.25) is 0 Å². The number of likely N-dealkylation sites (N-methyl/N-ethyl adjacent to an activating group) is 2. The second kappa shape index (κ2) is 9.10. The highest BCUT2D eigenvalue weighted by Crippen LogP contribution is 2.15. The van der Waals surface area contributed by atoms with E-state index in [1.165, 1.54) is 12.1 Å². The van der Waals surface area contributed by atoms with Crippen molar-refractivity contribution in [2.45, 2.75) is 13.8 Å². The molecule has 138 valence electrons. The normalized spacial score (nSPS) is 10.7. The Morgan fingerprint density at radius 3 is 2.19 bits per heavy atom. The van der Waals surface area contributed by atoms with Crippen LogP contribution in [-0.2, 0) is 9.59 Å². The van der Waals surface area contributed by atoms with E-state index in [4.69, 9.17) is 0 Å². The summed E-state index contributed by atoms with van der Waals surface area (Å²) < 4.78 is 13.1. The summed E-state index contributed by atoms with van der Waals surface area (Å²) in [6.07, 6.45) is 0. The third kappa shape index (κ3) is 5.67. The van der Waals surface area contributed by atoms with Crippen molar-refractivity contribution in [3.8, 4) is 0 Å². The Morgan fingerprint density at radius 2 is 1.62 bits per heavy atom. The molecule has 0 bridgehead atoms. The lowest BCUT2D eigenvalue weighted by molar-refractivity contribution is -0.121. The van der Waals surface area contributed by atoms with Gasteiger partial charge in [-0.3, -0.25) is 14.5 Å². The van der Waals surface area contributed by atoms with E-state index in [0.717, 1.165) is 11.3 Å². The largest absolute Gasteiger partial charge is 0.325 e. The number of nitrogens with zero attached hydrogens (tertiary/aromatic N) is 2. The third-order valence-electron chi connectivity index (χ3n) is 3.91. The number of carbonyl (C=O) groups is 2. The number of amides is 2. The zero-order valence-electron chi connectivity index (χ0n) is 15.3. The van der Waals surface area contributed by atoms with Gasteiger partial charge >= 0.3 is 0 Å². The number of benzene rings is 2. The number of hydrogen-bond acceptors (Lipinski definition) is 3. The number of halogens is 1. The predicted molar refractivity (Wildman–Crippen MR) is 102 cm³/mol. The van der Waals surface area contributed by atoms with E-state index in [1.54, 1.807) is 29.0 Å². The van der Waals surface area contributed by atoms with Crippen LogP contribution in [-0.4, -0.2) is 43.4 Å². The maximum Gasteiger partial charge on any atom is 0.241 e. The quantitative estimate of drug-likeness (QED) is 0.829. The van der Waals surface area contributed by atoms with Crippen LogP contribution in [0.25, 0.3) is 0 Å². The zero-order valence-corrected chi connectivity index (χ0v) is 15.3. The van der Waals surface area contributed by atoms with Crippen LogP contribution in [0, 0.1) is 12.7 Å². The van der Waals surface area contributed by atoms with Gasteiger partial charge in [0.05, 0.1) is 13.1 Å². The SMILES string of the molecule is CCN(C(=O)CN(C)CC(=O)Nc1ccc(C)cc1)c1ccc(F)cc1. The number of hydrogen-bond donors (Lipinski definition) is 1. The molecule has 0 fully saturated rings. The van der Waals surface area contributed by atoms with Gasteiger partial charge in [-0.05, 0) is 57.3 Å². The average molecular weight is 357 g/mol. The Kier molecular flexibility index (Phi) is 6.86. The number of nitrogens with one attached hydrogen (secondary N) is 1. The van der Waals surface area contributed by atoms with Crippen molar-refractivity contribution in [2.24, 2.45) is 0 Å². The first-order chi connectivity index (χ1) is 12.4. The van der Waals surface area contributed by atoms with Gasteiger partial charge in [0.1, 0.15) is 5.82 Å². The van der Waals surface area contributed by atoms with Gasteiger partial charge in [-0.25, -0.2) is 4.39 Å². The van der Waals surface area contributed by atoms with E-state index < -0.39 is 0 Å². The minimum atomic E-state index is -0.345. The molecule has 0 spiro atoms.